The second-order valence-electron chi connectivity index (χ2n) is 14.7. The summed E-state index contributed by atoms with van der Waals surface area (Å²) in [4.78, 5) is 12.8. The van der Waals surface area contributed by atoms with Crippen LogP contribution in [-0.2, 0) is 4.79 Å². The van der Waals surface area contributed by atoms with E-state index in [0.717, 1.165) is 24.8 Å². The fraction of sp³-hybridized carbons (Fsp3) is 0.900. The van der Waals surface area contributed by atoms with Crippen molar-refractivity contribution in [1.29, 1.82) is 0 Å². The highest BCUT2D eigenvalue weighted by atomic mass is 16.4. The number of allylic oxidation sites excluding steroid dienone is 1. The number of aliphatic hydroxyl groups excluding tert-OH is 3. The van der Waals surface area contributed by atoms with Crippen molar-refractivity contribution in [3.8, 4) is 0 Å². The topological polar surface area (TPSA) is 118 Å². The molecule has 0 spiro atoms. The first-order valence-corrected chi connectivity index (χ1v) is 14.2. The van der Waals surface area contributed by atoms with Crippen LogP contribution in [0, 0.1) is 50.7 Å². The maximum Gasteiger partial charge on any atom is 0.310 e. The van der Waals surface area contributed by atoms with Gasteiger partial charge in [0.2, 0.25) is 0 Å². The molecular formula is C30H48O6. The van der Waals surface area contributed by atoms with Crippen LogP contribution in [0.25, 0.3) is 0 Å². The van der Waals surface area contributed by atoms with E-state index in [1.54, 1.807) is 0 Å². The van der Waals surface area contributed by atoms with E-state index < -0.39 is 40.5 Å². The highest BCUT2D eigenvalue weighted by Crippen LogP contribution is 2.76. The molecule has 12 atom stereocenters. The summed E-state index contributed by atoms with van der Waals surface area (Å²) >= 11 is 0. The molecule has 36 heavy (non-hydrogen) atoms. The second-order valence-corrected chi connectivity index (χ2v) is 14.7. The normalized spacial score (nSPS) is 58.6. The number of aliphatic carboxylic acids is 1. The monoisotopic (exact) mass is 504 g/mol. The number of carbonyl (C=O) groups is 1. The highest BCUT2D eigenvalue weighted by Gasteiger charge is 2.73. The third-order valence-corrected chi connectivity index (χ3v) is 13.5. The fourth-order valence-electron chi connectivity index (χ4n) is 11.0. The van der Waals surface area contributed by atoms with Gasteiger partial charge >= 0.3 is 5.97 Å². The quantitative estimate of drug-likeness (QED) is 0.361. The summed E-state index contributed by atoms with van der Waals surface area (Å²) in [5, 5.41) is 55.6. The summed E-state index contributed by atoms with van der Waals surface area (Å²) in [6.45, 7) is 12.5. The first-order chi connectivity index (χ1) is 16.6. The van der Waals surface area contributed by atoms with E-state index in [-0.39, 0.29) is 40.6 Å². The zero-order valence-electron chi connectivity index (χ0n) is 23.0. The molecule has 0 bridgehead atoms. The number of carboxylic acids is 1. The molecule has 204 valence electrons. The van der Waals surface area contributed by atoms with E-state index in [2.05, 4.69) is 26.8 Å². The van der Waals surface area contributed by atoms with Crippen molar-refractivity contribution in [2.75, 3.05) is 6.61 Å². The van der Waals surface area contributed by atoms with Gasteiger partial charge in [-0.2, -0.15) is 0 Å². The molecule has 0 aromatic heterocycles. The molecule has 5 aliphatic carbocycles. The van der Waals surface area contributed by atoms with Gasteiger partial charge in [-0.25, -0.2) is 0 Å². The van der Waals surface area contributed by atoms with Gasteiger partial charge in [0.05, 0.1) is 29.8 Å². The molecule has 0 aromatic carbocycles. The molecule has 0 radical (unpaired) electrons. The van der Waals surface area contributed by atoms with Gasteiger partial charge in [-0.1, -0.05) is 46.3 Å². The zero-order valence-corrected chi connectivity index (χ0v) is 23.0. The van der Waals surface area contributed by atoms with Crippen LogP contribution in [-0.4, -0.2) is 55.9 Å². The Kier molecular flexibility index (Phi) is 5.77. The SMILES string of the molecule is CC1CC[C@]2(C(=O)O)CC[C@]3(C)C(=CCC4[C@@]5(C)CCC(O)[C@@](C)(CO)C5C(O)C[C@]43C)C2[C@]1(C)O. The molecule has 0 aromatic rings. The van der Waals surface area contributed by atoms with E-state index in [1.807, 2.05) is 20.8 Å². The van der Waals surface area contributed by atoms with Gasteiger partial charge in [-0.15, -0.1) is 0 Å². The van der Waals surface area contributed by atoms with Crippen LogP contribution in [0.3, 0.4) is 0 Å². The predicted octanol–water partition coefficient (Wildman–Crippen LogP) is 4.15. The Hall–Kier alpha value is -0.950. The number of aliphatic hydroxyl groups is 4. The molecule has 0 amide bonds. The average Bonchev–Trinajstić information content (AvgIpc) is 2.79. The standard InChI is InChI=1S/C30H48O6/c1-17-9-12-30(24(34)35)14-13-27(4)18(22(30)29(17,6)36)7-8-20-25(2)11-10-21(33)26(3,16-31)23(25)19(32)15-28(20,27)5/h7,17,19-23,31-33,36H,8-16H2,1-6H3,(H,34,35)/t17?,19?,20?,21?,22?,23?,25-,26-,27-,28-,29-,30+/m1/s1. The van der Waals surface area contributed by atoms with Crippen LogP contribution in [0.15, 0.2) is 11.6 Å². The van der Waals surface area contributed by atoms with E-state index >= 15 is 0 Å². The van der Waals surface area contributed by atoms with Crippen LogP contribution in [0.5, 0.6) is 0 Å². The van der Waals surface area contributed by atoms with Gasteiger partial charge in [0, 0.05) is 17.3 Å². The Balaban J connectivity index is 1.66. The van der Waals surface area contributed by atoms with Crippen LogP contribution in [0.1, 0.15) is 92.9 Å². The fourth-order valence-corrected chi connectivity index (χ4v) is 11.0. The number of carboxylic acid groups (broad SMARTS) is 1. The Labute approximate surface area is 216 Å². The van der Waals surface area contributed by atoms with Gasteiger partial charge in [-0.05, 0) is 86.4 Å². The summed E-state index contributed by atoms with van der Waals surface area (Å²) in [5.41, 5.74) is -2.62. The number of hydrogen-bond donors (Lipinski definition) is 5. The molecule has 5 N–H and O–H groups in total. The lowest BCUT2D eigenvalue weighted by molar-refractivity contribution is -0.255. The Morgan fingerprint density at radius 2 is 1.69 bits per heavy atom. The van der Waals surface area contributed by atoms with Gasteiger partial charge in [-0.3, -0.25) is 4.79 Å². The van der Waals surface area contributed by atoms with Crippen LogP contribution >= 0.6 is 0 Å². The molecule has 5 rings (SSSR count). The highest BCUT2D eigenvalue weighted by molar-refractivity contribution is 5.77. The summed E-state index contributed by atoms with van der Waals surface area (Å²) in [6.07, 6.45) is 6.26. The minimum atomic E-state index is -1.11. The number of hydrogen-bond acceptors (Lipinski definition) is 5. The van der Waals surface area contributed by atoms with Crippen molar-refractivity contribution in [3.63, 3.8) is 0 Å². The van der Waals surface area contributed by atoms with E-state index in [1.165, 1.54) is 0 Å². The lowest BCUT2D eigenvalue weighted by Crippen LogP contribution is -2.70. The van der Waals surface area contributed by atoms with Crippen molar-refractivity contribution >= 4 is 5.97 Å². The van der Waals surface area contributed by atoms with E-state index in [9.17, 15) is 30.3 Å². The van der Waals surface area contributed by atoms with Crippen molar-refractivity contribution < 1.29 is 30.3 Å². The molecule has 6 heteroatoms. The van der Waals surface area contributed by atoms with Crippen LogP contribution in [0.4, 0.5) is 0 Å². The Morgan fingerprint density at radius 3 is 2.31 bits per heavy atom. The molecule has 0 aliphatic heterocycles. The predicted molar refractivity (Wildman–Crippen MR) is 137 cm³/mol. The molecule has 0 saturated heterocycles. The van der Waals surface area contributed by atoms with E-state index in [4.69, 9.17) is 0 Å². The summed E-state index contributed by atoms with van der Waals surface area (Å²) in [6, 6.07) is 0. The Morgan fingerprint density at radius 1 is 1.03 bits per heavy atom. The van der Waals surface area contributed by atoms with Gasteiger partial charge in [0.1, 0.15) is 0 Å². The van der Waals surface area contributed by atoms with Crippen molar-refractivity contribution in [2.24, 2.45) is 50.7 Å². The number of fused-ring (bicyclic) bond motifs is 7. The maximum absolute atomic E-state index is 12.8. The Bertz CT molecular complexity index is 974. The third kappa shape index (κ3) is 2.91. The molecule has 0 heterocycles. The molecule has 6 unspecified atom stereocenters. The summed E-state index contributed by atoms with van der Waals surface area (Å²) < 4.78 is 0. The maximum atomic E-state index is 12.8. The first kappa shape index (κ1) is 26.6. The largest absolute Gasteiger partial charge is 0.481 e. The zero-order chi connectivity index (χ0) is 26.7. The third-order valence-electron chi connectivity index (χ3n) is 13.5. The summed E-state index contributed by atoms with van der Waals surface area (Å²) in [5.74, 6) is -1.21. The summed E-state index contributed by atoms with van der Waals surface area (Å²) in [7, 11) is 0. The molecular weight excluding hydrogens is 456 g/mol. The van der Waals surface area contributed by atoms with Gasteiger partial charge in [0.15, 0.2) is 0 Å². The number of rotatable bonds is 2. The van der Waals surface area contributed by atoms with Crippen LogP contribution in [0.2, 0.25) is 0 Å². The lowest BCUT2D eigenvalue weighted by atomic mass is 9.32. The van der Waals surface area contributed by atoms with Crippen LogP contribution < -0.4 is 0 Å². The van der Waals surface area contributed by atoms with Crippen molar-refractivity contribution in [2.45, 2.75) is 111 Å². The minimum Gasteiger partial charge on any atom is -0.481 e. The molecule has 5 aliphatic rings. The van der Waals surface area contributed by atoms with Gasteiger partial charge in [0.25, 0.3) is 0 Å². The first-order valence-electron chi connectivity index (χ1n) is 14.2. The minimum absolute atomic E-state index is 0.00712. The van der Waals surface area contributed by atoms with Gasteiger partial charge < -0.3 is 25.5 Å². The molecule has 4 fully saturated rings. The van der Waals surface area contributed by atoms with Crippen molar-refractivity contribution in [3.05, 3.63) is 11.6 Å². The second kappa shape index (κ2) is 7.80. The average molecular weight is 505 g/mol. The van der Waals surface area contributed by atoms with E-state index in [0.29, 0.717) is 32.1 Å². The smallest absolute Gasteiger partial charge is 0.310 e. The molecule has 6 nitrogen and oxygen atoms in total. The van der Waals surface area contributed by atoms with Crippen molar-refractivity contribution in [1.82, 2.24) is 0 Å². The lowest BCUT2D eigenvalue weighted by Gasteiger charge is -2.72. The molecule has 4 saturated carbocycles.